The molecule has 0 spiro atoms. The molecule has 0 aliphatic rings. The van der Waals surface area contributed by atoms with Crippen molar-refractivity contribution >= 4 is 11.0 Å². The number of aryl methyl sites for hydroxylation is 1. The van der Waals surface area contributed by atoms with Crippen LogP contribution in [0.2, 0.25) is 0 Å². The van der Waals surface area contributed by atoms with Crippen LogP contribution in [0.3, 0.4) is 0 Å². The Morgan fingerprint density at radius 3 is 2.02 bits per heavy atom. The summed E-state index contributed by atoms with van der Waals surface area (Å²) in [4.78, 5) is 10.0. The van der Waals surface area contributed by atoms with Crippen LogP contribution < -0.4 is 0 Å². The summed E-state index contributed by atoms with van der Waals surface area (Å²) in [6.45, 7) is -12.5. The molecule has 2 heterocycles. The number of phenols is 1. The number of rotatable bonds is 7. The topological polar surface area (TPSA) is 50.9 Å². The van der Waals surface area contributed by atoms with E-state index in [9.17, 15) is 5.11 Å². The molecule has 58 heavy (non-hydrogen) atoms. The van der Waals surface area contributed by atoms with Crippen molar-refractivity contribution in [2.75, 3.05) is 0 Å². The number of phenolic OH excluding ortho intramolecular Hbond substituents is 1. The van der Waals surface area contributed by atoms with Crippen LogP contribution in [-0.4, -0.2) is 19.6 Å². The maximum Gasteiger partial charge on any atom is 0.148 e. The Morgan fingerprint density at radius 2 is 1.28 bits per heavy atom. The van der Waals surface area contributed by atoms with E-state index in [1.807, 2.05) is 108 Å². The number of nitrogens with zero attached hydrogens (tertiary/aromatic N) is 3. The Hall–Kier alpha value is -6.35. The maximum absolute atomic E-state index is 11.4. The Labute approximate surface area is 371 Å². The average molecular weight is 944 g/mol. The largest absolute Gasteiger partial charge is 0.507 e. The van der Waals surface area contributed by atoms with Crippen molar-refractivity contribution in [3.8, 4) is 78.6 Å². The molecule has 0 saturated heterocycles. The van der Waals surface area contributed by atoms with Crippen LogP contribution in [0.1, 0.15) is 48.1 Å². The first kappa shape index (κ1) is 26.5. The van der Waals surface area contributed by atoms with E-state index in [1.165, 1.54) is 24.3 Å². The molecule has 9 rings (SSSR count). The second kappa shape index (κ2) is 15.9. The summed E-state index contributed by atoms with van der Waals surface area (Å²) in [5.41, 5.74) is 5.94. The van der Waals surface area contributed by atoms with Gasteiger partial charge in [0.1, 0.15) is 11.6 Å². The number of fused-ring (bicyclic) bond motifs is 1. The zero-order valence-electron chi connectivity index (χ0n) is 42.8. The molecule has 0 saturated carbocycles. The van der Waals surface area contributed by atoms with Gasteiger partial charge in [-0.15, -0.1) is 23.8 Å². The van der Waals surface area contributed by atoms with Gasteiger partial charge in [-0.2, -0.15) is 0 Å². The zero-order chi connectivity index (χ0) is 49.1. The molecule has 4 nitrogen and oxygen atoms in total. The first-order valence-electron chi connectivity index (χ1n) is 24.4. The quantitative estimate of drug-likeness (QED) is 0.162. The molecule has 0 atom stereocenters. The summed E-state index contributed by atoms with van der Waals surface area (Å²) >= 11 is 0. The van der Waals surface area contributed by atoms with E-state index in [0.717, 1.165) is 16.7 Å². The summed E-state index contributed by atoms with van der Waals surface area (Å²) in [6.07, 6.45) is 1.61. The Bertz CT molecular complexity index is 3310. The van der Waals surface area contributed by atoms with Gasteiger partial charge in [0.25, 0.3) is 0 Å². The molecule has 286 valence electrons. The van der Waals surface area contributed by atoms with Crippen LogP contribution in [0, 0.1) is 12.9 Å². The summed E-state index contributed by atoms with van der Waals surface area (Å²) in [7, 11) is 0. The number of para-hydroxylation sites is 2. The molecule has 0 aliphatic heterocycles. The monoisotopic (exact) mass is 943 g/mol. The second-order valence-corrected chi connectivity index (χ2v) is 13.9. The van der Waals surface area contributed by atoms with E-state index in [0.29, 0.717) is 67.2 Å². The van der Waals surface area contributed by atoms with Gasteiger partial charge in [-0.1, -0.05) is 164 Å². The van der Waals surface area contributed by atoms with E-state index in [2.05, 4.69) is 6.07 Å². The first-order chi connectivity index (χ1) is 32.7. The van der Waals surface area contributed by atoms with Crippen LogP contribution >= 0.6 is 0 Å². The average Bonchev–Trinajstić information content (AvgIpc) is 3.70. The van der Waals surface area contributed by atoms with Crippen molar-refractivity contribution in [2.24, 2.45) is 0 Å². The van der Waals surface area contributed by atoms with E-state index in [4.69, 9.17) is 26.4 Å². The predicted octanol–water partition coefficient (Wildman–Crippen LogP) is 13.5. The van der Waals surface area contributed by atoms with Gasteiger partial charge in [0, 0.05) is 55.0 Å². The molecule has 1 N–H and O–H groups in total. The van der Waals surface area contributed by atoms with Crippen LogP contribution in [-0.2, 0) is 26.5 Å². The van der Waals surface area contributed by atoms with Gasteiger partial charge < -0.3 is 5.11 Å². The minimum absolute atomic E-state index is 0. The van der Waals surface area contributed by atoms with Crippen LogP contribution in [0.25, 0.3) is 83.9 Å². The SMILES string of the molecule is [2H]C([2H])([2H])c1ccc(-n2c(-c3ccccc3O)nc3c(-c4[c-]c(-c5cc(-c6ccc(C(C([2H])([2H])[2H])(C([2H])([2H])[2H])C([2H])([2H])[2H])cc6)ccn5)cc(-c5ccccc5)c4)cccc32)c(-c2ccccc2)c1.[Pt]. The number of aromatic hydroxyl groups is 1. The number of imidazole rings is 1. The third-order valence-corrected chi connectivity index (χ3v) is 10.1. The summed E-state index contributed by atoms with van der Waals surface area (Å²) in [5.74, 6) is 0.422. The van der Waals surface area contributed by atoms with Crippen LogP contribution in [0.15, 0.2) is 176 Å². The van der Waals surface area contributed by atoms with Crippen molar-refractivity contribution in [3.63, 3.8) is 0 Å². The van der Waals surface area contributed by atoms with E-state index in [1.54, 1.807) is 48.7 Å². The van der Waals surface area contributed by atoms with Gasteiger partial charge >= 0.3 is 0 Å². The standard InChI is InChI=1S/C53H42N3O.Pt/c1-35-22-27-48(46(30-35)38-16-9-6-10-17-38)56-49-20-13-19-44(51(49)55-52(56)45-18-11-12-21-50(45)57)41-31-40(36-14-7-5-8-15-36)32-42(33-41)47-34-39(28-29-54-47)37-23-25-43(26-24-37)53(2,3)4;/h5-32,34,57H,1-4H3;/q-1;/i1D3,2D3,3D3,4D3;. The molecule has 0 fully saturated rings. The molecule has 0 aliphatic carbocycles. The van der Waals surface area contributed by atoms with Gasteiger partial charge in [-0.3, -0.25) is 9.55 Å². The summed E-state index contributed by atoms with van der Waals surface area (Å²) < 4.78 is 100. The minimum atomic E-state index is -3.39. The van der Waals surface area contributed by atoms with Gasteiger partial charge in [0.05, 0.1) is 22.3 Å². The molecule has 0 bridgehead atoms. The van der Waals surface area contributed by atoms with Gasteiger partial charge in [-0.05, 0) is 76.5 Å². The van der Waals surface area contributed by atoms with Crippen molar-refractivity contribution in [2.45, 2.75) is 32.8 Å². The fraction of sp³-hybridized carbons (Fsp3) is 0.0943. The zero-order valence-corrected chi connectivity index (χ0v) is 33.1. The van der Waals surface area contributed by atoms with E-state index in [-0.39, 0.29) is 37.9 Å². The van der Waals surface area contributed by atoms with Gasteiger partial charge in [0.15, 0.2) is 0 Å². The molecule has 0 amide bonds. The maximum atomic E-state index is 11.4. The number of pyridine rings is 1. The molecular weight excluding hydrogens is 890 g/mol. The minimum Gasteiger partial charge on any atom is -0.507 e. The van der Waals surface area contributed by atoms with Crippen molar-refractivity contribution < 1.29 is 42.6 Å². The van der Waals surface area contributed by atoms with E-state index >= 15 is 0 Å². The third-order valence-electron chi connectivity index (χ3n) is 10.1. The normalized spacial score (nSPS) is 15.3. The van der Waals surface area contributed by atoms with Crippen molar-refractivity contribution in [1.29, 1.82) is 0 Å². The summed E-state index contributed by atoms with van der Waals surface area (Å²) in [6, 6.07) is 53.8. The van der Waals surface area contributed by atoms with Crippen LogP contribution in [0.4, 0.5) is 0 Å². The Morgan fingerprint density at radius 1 is 0.586 bits per heavy atom. The molecule has 5 heteroatoms. The number of benzene rings is 7. The smallest absolute Gasteiger partial charge is 0.148 e. The summed E-state index contributed by atoms with van der Waals surface area (Å²) in [5, 5.41) is 11.4. The molecular formula is C53H42N3OPt-. The second-order valence-electron chi connectivity index (χ2n) is 13.9. The van der Waals surface area contributed by atoms with E-state index < -0.39 is 32.8 Å². The fourth-order valence-electron chi connectivity index (χ4n) is 7.30. The van der Waals surface area contributed by atoms with Crippen molar-refractivity contribution in [1.82, 2.24) is 14.5 Å². The Kier molecular flexibility index (Phi) is 7.27. The van der Waals surface area contributed by atoms with Gasteiger partial charge in [-0.25, -0.2) is 4.98 Å². The van der Waals surface area contributed by atoms with Crippen LogP contribution in [0.5, 0.6) is 5.75 Å². The molecule has 2 aromatic heterocycles. The van der Waals surface area contributed by atoms with Gasteiger partial charge in [0.2, 0.25) is 0 Å². The fourth-order valence-corrected chi connectivity index (χ4v) is 7.30. The number of aromatic nitrogens is 3. The molecule has 0 radical (unpaired) electrons. The third kappa shape index (κ3) is 7.44. The first-order valence-corrected chi connectivity index (χ1v) is 18.4. The van der Waals surface area contributed by atoms with Crippen molar-refractivity contribution in [3.05, 3.63) is 193 Å². The molecule has 7 aromatic carbocycles. The predicted molar refractivity (Wildman–Crippen MR) is 235 cm³/mol. The number of hydrogen-bond donors (Lipinski definition) is 1. The molecule has 0 unspecified atom stereocenters. The number of hydrogen-bond acceptors (Lipinski definition) is 3. The Balaban J connectivity index is 0.00000659. The molecule has 9 aromatic rings.